The molecule has 0 fully saturated rings. The van der Waals surface area contributed by atoms with Gasteiger partial charge in [0.2, 0.25) is 11.7 Å². The van der Waals surface area contributed by atoms with Gasteiger partial charge in [0, 0.05) is 17.8 Å². The number of nitrogens with zero attached hydrogens (tertiary/aromatic N) is 4. The molecule has 9 heteroatoms. The zero-order chi connectivity index (χ0) is 20.5. The van der Waals surface area contributed by atoms with Crippen molar-refractivity contribution in [2.75, 3.05) is 0 Å². The number of aryl methyl sites for hydroxylation is 1. The Hall–Kier alpha value is -2.29. The lowest BCUT2D eigenvalue weighted by Gasteiger charge is -2.11. The minimum Gasteiger partial charge on any atom is -0.338 e. The minimum absolute atomic E-state index is 0.139. The average Bonchev–Trinajstić information content (AvgIpc) is 3.20. The Balaban J connectivity index is 1.75. The van der Waals surface area contributed by atoms with Crippen LogP contribution in [0.4, 0.5) is 13.2 Å². The highest BCUT2D eigenvalue weighted by Crippen LogP contribution is 2.32. The molecule has 5 nitrogen and oxygen atoms in total. The molecule has 28 heavy (non-hydrogen) atoms. The first-order chi connectivity index (χ1) is 13.1. The maximum absolute atomic E-state index is 12.9. The SMILES string of the molecule is Cc1nc(SCc2nc(-c3cccc(C(F)(F)F)c3)no2)n(CC(C)C)c1C. The summed E-state index contributed by atoms with van der Waals surface area (Å²) in [6.07, 6.45) is -4.42. The van der Waals surface area contributed by atoms with E-state index in [0.29, 0.717) is 17.6 Å². The quantitative estimate of drug-likeness (QED) is 0.501. The fourth-order valence-electron chi connectivity index (χ4n) is 2.71. The first-order valence-electron chi connectivity index (χ1n) is 8.82. The van der Waals surface area contributed by atoms with E-state index in [1.807, 2.05) is 13.8 Å². The van der Waals surface area contributed by atoms with E-state index < -0.39 is 11.7 Å². The van der Waals surface area contributed by atoms with E-state index in [4.69, 9.17) is 4.52 Å². The normalized spacial score (nSPS) is 12.1. The van der Waals surface area contributed by atoms with Gasteiger partial charge in [-0.05, 0) is 31.9 Å². The molecule has 0 aliphatic carbocycles. The molecule has 3 aromatic rings. The van der Waals surface area contributed by atoms with Crippen molar-refractivity contribution in [2.24, 2.45) is 5.92 Å². The van der Waals surface area contributed by atoms with E-state index in [-0.39, 0.29) is 11.4 Å². The summed E-state index contributed by atoms with van der Waals surface area (Å²) in [4.78, 5) is 8.83. The molecule has 0 atom stereocenters. The molecule has 0 saturated heterocycles. The van der Waals surface area contributed by atoms with Gasteiger partial charge in [0.15, 0.2) is 5.16 Å². The molecule has 2 heterocycles. The average molecular weight is 410 g/mol. The Kier molecular flexibility index (Phi) is 5.83. The Morgan fingerprint density at radius 2 is 1.93 bits per heavy atom. The highest BCUT2D eigenvalue weighted by molar-refractivity contribution is 7.98. The lowest BCUT2D eigenvalue weighted by molar-refractivity contribution is -0.137. The molecule has 0 bridgehead atoms. The van der Waals surface area contributed by atoms with Crippen molar-refractivity contribution in [1.82, 2.24) is 19.7 Å². The molecule has 3 rings (SSSR count). The number of halogens is 3. The number of aromatic nitrogens is 4. The predicted molar refractivity (Wildman–Crippen MR) is 101 cm³/mol. The molecule has 0 unspecified atom stereocenters. The third kappa shape index (κ3) is 4.57. The summed E-state index contributed by atoms with van der Waals surface area (Å²) in [6.45, 7) is 9.14. The molecule has 0 radical (unpaired) electrons. The van der Waals surface area contributed by atoms with Crippen LogP contribution in [-0.2, 0) is 18.5 Å². The summed E-state index contributed by atoms with van der Waals surface area (Å²) in [5.74, 6) is 1.34. The Labute approximate surface area is 165 Å². The number of rotatable bonds is 6. The van der Waals surface area contributed by atoms with E-state index in [2.05, 4.69) is 33.5 Å². The van der Waals surface area contributed by atoms with Gasteiger partial charge in [-0.2, -0.15) is 18.2 Å². The zero-order valence-corrected chi connectivity index (χ0v) is 16.9. The van der Waals surface area contributed by atoms with E-state index >= 15 is 0 Å². The topological polar surface area (TPSA) is 56.7 Å². The molecular formula is C19H21F3N4OS. The van der Waals surface area contributed by atoms with Crippen molar-refractivity contribution in [2.45, 2.75) is 51.3 Å². The summed E-state index contributed by atoms with van der Waals surface area (Å²) in [5, 5.41) is 4.68. The van der Waals surface area contributed by atoms with Gasteiger partial charge < -0.3 is 9.09 Å². The summed E-state index contributed by atoms with van der Waals surface area (Å²) in [7, 11) is 0. The van der Waals surface area contributed by atoms with Crippen molar-refractivity contribution >= 4 is 11.8 Å². The Morgan fingerprint density at radius 1 is 1.18 bits per heavy atom. The second kappa shape index (κ2) is 7.98. The zero-order valence-electron chi connectivity index (χ0n) is 16.0. The van der Waals surface area contributed by atoms with Gasteiger partial charge in [-0.3, -0.25) is 0 Å². The molecule has 0 spiro atoms. The van der Waals surface area contributed by atoms with E-state index in [1.54, 1.807) is 0 Å². The van der Waals surface area contributed by atoms with Gasteiger partial charge in [0.25, 0.3) is 0 Å². The lowest BCUT2D eigenvalue weighted by atomic mass is 10.1. The van der Waals surface area contributed by atoms with Crippen LogP contribution in [0.1, 0.15) is 36.7 Å². The molecular weight excluding hydrogens is 389 g/mol. The van der Waals surface area contributed by atoms with Gasteiger partial charge in [0.1, 0.15) is 0 Å². The van der Waals surface area contributed by atoms with Crippen molar-refractivity contribution in [3.05, 3.63) is 47.1 Å². The van der Waals surface area contributed by atoms with Crippen LogP contribution < -0.4 is 0 Å². The fourth-order valence-corrected chi connectivity index (χ4v) is 3.64. The summed E-state index contributed by atoms with van der Waals surface area (Å²) >= 11 is 1.47. The maximum atomic E-state index is 12.9. The number of hydrogen-bond acceptors (Lipinski definition) is 5. The summed E-state index contributed by atoms with van der Waals surface area (Å²) in [6, 6.07) is 4.89. The summed E-state index contributed by atoms with van der Waals surface area (Å²) in [5.41, 5.74) is 1.61. The van der Waals surface area contributed by atoms with Gasteiger partial charge in [0.05, 0.1) is 17.0 Å². The molecule has 0 N–H and O–H groups in total. The van der Waals surface area contributed by atoms with Crippen LogP contribution in [0.2, 0.25) is 0 Å². The number of hydrogen-bond donors (Lipinski definition) is 0. The van der Waals surface area contributed by atoms with Crippen LogP contribution >= 0.6 is 11.8 Å². The number of imidazole rings is 1. The smallest absolute Gasteiger partial charge is 0.338 e. The molecule has 1 aromatic carbocycles. The van der Waals surface area contributed by atoms with Crippen molar-refractivity contribution in [3.8, 4) is 11.4 Å². The second-order valence-electron chi connectivity index (χ2n) is 6.95. The molecule has 0 saturated carbocycles. The van der Waals surface area contributed by atoms with Crippen LogP contribution in [-0.4, -0.2) is 19.7 Å². The van der Waals surface area contributed by atoms with E-state index in [1.165, 1.54) is 23.9 Å². The van der Waals surface area contributed by atoms with Crippen molar-refractivity contribution in [3.63, 3.8) is 0 Å². The Morgan fingerprint density at radius 3 is 2.61 bits per heavy atom. The highest BCUT2D eigenvalue weighted by Gasteiger charge is 2.30. The monoisotopic (exact) mass is 410 g/mol. The van der Waals surface area contributed by atoms with E-state index in [0.717, 1.165) is 35.2 Å². The molecule has 150 valence electrons. The Bertz CT molecular complexity index is 962. The maximum Gasteiger partial charge on any atom is 0.416 e. The number of benzene rings is 1. The van der Waals surface area contributed by atoms with E-state index in [9.17, 15) is 13.2 Å². The van der Waals surface area contributed by atoms with Crippen LogP contribution in [0.25, 0.3) is 11.4 Å². The first-order valence-corrected chi connectivity index (χ1v) is 9.80. The van der Waals surface area contributed by atoms with Crippen LogP contribution in [0, 0.1) is 19.8 Å². The fraction of sp³-hybridized carbons (Fsp3) is 0.421. The van der Waals surface area contributed by atoms with Crippen LogP contribution in [0.15, 0.2) is 33.9 Å². The van der Waals surface area contributed by atoms with Gasteiger partial charge in [-0.25, -0.2) is 4.98 Å². The molecule has 0 aliphatic rings. The van der Waals surface area contributed by atoms with Crippen LogP contribution in [0.5, 0.6) is 0 Å². The standard InChI is InChI=1S/C19H21F3N4OS/c1-11(2)9-26-13(4)12(3)23-18(26)28-10-16-24-17(25-27-16)14-6-5-7-15(8-14)19(20,21)22/h5-8,11H,9-10H2,1-4H3. The van der Waals surface area contributed by atoms with Crippen molar-refractivity contribution in [1.29, 1.82) is 0 Å². The third-order valence-electron chi connectivity index (χ3n) is 4.21. The number of thioether (sulfide) groups is 1. The van der Waals surface area contributed by atoms with Crippen LogP contribution in [0.3, 0.4) is 0 Å². The summed E-state index contributed by atoms with van der Waals surface area (Å²) < 4.78 is 46.0. The minimum atomic E-state index is -4.42. The number of alkyl halides is 3. The van der Waals surface area contributed by atoms with Gasteiger partial charge in [-0.15, -0.1) is 0 Å². The molecule has 2 aromatic heterocycles. The van der Waals surface area contributed by atoms with Crippen molar-refractivity contribution < 1.29 is 17.7 Å². The van der Waals surface area contributed by atoms with Gasteiger partial charge >= 0.3 is 6.18 Å². The predicted octanol–water partition coefficient (Wildman–Crippen LogP) is 5.52. The largest absolute Gasteiger partial charge is 0.416 e. The third-order valence-corrected chi connectivity index (χ3v) is 5.17. The molecule has 0 amide bonds. The van der Waals surface area contributed by atoms with Gasteiger partial charge in [-0.1, -0.05) is 42.9 Å². The lowest BCUT2D eigenvalue weighted by Crippen LogP contribution is -2.07. The molecule has 0 aliphatic heterocycles. The highest BCUT2D eigenvalue weighted by atomic mass is 32.2. The second-order valence-corrected chi connectivity index (χ2v) is 7.89. The first kappa shape index (κ1) is 20.4.